The molecular weight excluding hydrogens is 719 g/mol. The first-order valence-corrected chi connectivity index (χ1v) is 24.4. The lowest BCUT2D eigenvalue weighted by molar-refractivity contribution is -0.302. The van der Waals surface area contributed by atoms with E-state index in [2.05, 4.69) is 31.3 Å². The van der Waals surface area contributed by atoms with Crippen LogP contribution >= 0.6 is 0 Å². The van der Waals surface area contributed by atoms with Crippen LogP contribution in [0.4, 0.5) is 0 Å². The Morgan fingerprint density at radius 1 is 0.579 bits per heavy atom. The number of nitrogens with one attached hydrogen (secondary N) is 1. The van der Waals surface area contributed by atoms with Gasteiger partial charge < -0.3 is 40.3 Å². The molecule has 0 aromatic heterocycles. The van der Waals surface area contributed by atoms with Crippen LogP contribution in [-0.2, 0) is 14.3 Å². The number of aliphatic hydroxyl groups excluding tert-OH is 5. The van der Waals surface area contributed by atoms with E-state index in [0.717, 1.165) is 57.8 Å². The summed E-state index contributed by atoms with van der Waals surface area (Å²) in [4.78, 5) is 12.9. The number of amides is 1. The van der Waals surface area contributed by atoms with E-state index in [0.29, 0.717) is 12.8 Å². The van der Waals surface area contributed by atoms with Crippen molar-refractivity contribution >= 4 is 5.91 Å². The molecule has 0 aromatic carbocycles. The fourth-order valence-corrected chi connectivity index (χ4v) is 7.91. The van der Waals surface area contributed by atoms with Crippen LogP contribution in [0.3, 0.4) is 0 Å². The maximum Gasteiger partial charge on any atom is 0.220 e. The summed E-state index contributed by atoms with van der Waals surface area (Å²) in [6, 6.07) is -0.720. The lowest BCUT2D eigenvalue weighted by Gasteiger charge is -2.40. The summed E-state index contributed by atoms with van der Waals surface area (Å²) < 4.78 is 11.2. The Hall–Kier alpha value is -1.07. The monoisotopic (exact) mass is 812 g/mol. The predicted octanol–water partition coefficient (Wildman–Crippen LogP) is 10.5. The summed E-state index contributed by atoms with van der Waals surface area (Å²) in [5, 5.41) is 54.3. The Bertz CT molecular complexity index is 904. The van der Waals surface area contributed by atoms with Crippen molar-refractivity contribution < 1.29 is 39.8 Å². The van der Waals surface area contributed by atoms with Gasteiger partial charge in [-0.1, -0.05) is 206 Å². The average Bonchev–Trinajstić information content (AvgIpc) is 3.21. The first kappa shape index (κ1) is 53.9. The summed E-state index contributed by atoms with van der Waals surface area (Å²) in [5.74, 6) is -0.157. The molecule has 1 saturated heterocycles. The van der Waals surface area contributed by atoms with Gasteiger partial charge in [-0.3, -0.25) is 4.79 Å². The summed E-state index contributed by atoms with van der Waals surface area (Å²) in [6.07, 6.45) is 38.1. The molecule has 1 amide bonds. The maximum absolute atomic E-state index is 12.9. The van der Waals surface area contributed by atoms with E-state index in [9.17, 15) is 30.3 Å². The molecule has 1 aliphatic heterocycles. The van der Waals surface area contributed by atoms with Crippen molar-refractivity contribution in [2.24, 2.45) is 0 Å². The zero-order chi connectivity index (χ0) is 41.6. The van der Waals surface area contributed by atoms with Crippen LogP contribution in [0, 0.1) is 0 Å². The van der Waals surface area contributed by atoms with Crippen molar-refractivity contribution in [1.29, 1.82) is 0 Å². The number of ether oxygens (including phenoxy) is 2. The number of hydrogen-bond acceptors (Lipinski definition) is 8. The molecule has 0 aliphatic carbocycles. The SMILES string of the molecule is CCCC/C=C\CCCCCCC(=O)NC(COC1OC(CO)C(O)C(O)C1O)C(O)CCCCCCCCCCCCCCCCCCCCCCCCCC. The van der Waals surface area contributed by atoms with E-state index < -0.39 is 49.5 Å². The van der Waals surface area contributed by atoms with Gasteiger partial charge in [-0.15, -0.1) is 0 Å². The van der Waals surface area contributed by atoms with Crippen LogP contribution in [0.25, 0.3) is 0 Å². The van der Waals surface area contributed by atoms with Crippen molar-refractivity contribution in [3.8, 4) is 0 Å². The molecule has 9 nitrogen and oxygen atoms in total. The van der Waals surface area contributed by atoms with Gasteiger partial charge in [-0.2, -0.15) is 0 Å². The molecule has 7 unspecified atom stereocenters. The van der Waals surface area contributed by atoms with E-state index in [-0.39, 0.29) is 12.5 Å². The minimum Gasteiger partial charge on any atom is -0.394 e. The smallest absolute Gasteiger partial charge is 0.220 e. The Labute approximate surface area is 350 Å². The number of aliphatic hydroxyl groups is 5. The number of hydrogen-bond donors (Lipinski definition) is 6. The summed E-state index contributed by atoms with van der Waals surface area (Å²) >= 11 is 0. The highest BCUT2D eigenvalue weighted by atomic mass is 16.7. The van der Waals surface area contributed by atoms with Crippen LogP contribution in [0.15, 0.2) is 12.2 Å². The highest BCUT2D eigenvalue weighted by Gasteiger charge is 2.44. The number of allylic oxidation sites excluding steroid dienone is 2. The van der Waals surface area contributed by atoms with Gasteiger partial charge in [0.25, 0.3) is 0 Å². The Morgan fingerprint density at radius 2 is 1.00 bits per heavy atom. The van der Waals surface area contributed by atoms with Gasteiger partial charge in [0.2, 0.25) is 5.91 Å². The van der Waals surface area contributed by atoms with Crippen molar-refractivity contribution in [2.75, 3.05) is 13.2 Å². The average molecular weight is 812 g/mol. The highest BCUT2D eigenvalue weighted by Crippen LogP contribution is 2.23. The second kappa shape index (κ2) is 39.1. The van der Waals surface area contributed by atoms with Gasteiger partial charge in [-0.25, -0.2) is 0 Å². The lowest BCUT2D eigenvalue weighted by Crippen LogP contribution is -2.60. The van der Waals surface area contributed by atoms with Gasteiger partial charge in [-0.05, 0) is 32.1 Å². The lowest BCUT2D eigenvalue weighted by atomic mass is 9.99. The molecule has 0 bridgehead atoms. The second-order valence-corrected chi connectivity index (χ2v) is 17.3. The van der Waals surface area contributed by atoms with Gasteiger partial charge in [0.05, 0.1) is 25.4 Å². The molecule has 7 atom stereocenters. The van der Waals surface area contributed by atoms with Crippen molar-refractivity contribution in [2.45, 2.75) is 275 Å². The molecule has 0 saturated carbocycles. The van der Waals surface area contributed by atoms with E-state index in [4.69, 9.17) is 9.47 Å². The summed E-state index contributed by atoms with van der Waals surface area (Å²) in [7, 11) is 0. The third-order valence-electron chi connectivity index (χ3n) is 11.9. The zero-order valence-electron chi connectivity index (χ0n) is 37.1. The molecule has 338 valence electrons. The summed E-state index contributed by atoms with van der Waals surface area (Å²) in [5.41, 5.74) is 0. The summed E-state index contributed by atoms with van der Waals surface area (Å²) in [6.45, 7) is 3.79. The van der Waals surface area contributed by atoms with Gasteiger partial charge >= 0.3 is 0 Å². The van der Waals surface area contributed by atoms with Gasteiger partial charge in [0, 0.05) is 6.42 Å². The quantitative estimate of drug-likeness (QED) is 0.0264. The first-order valence-electron chi connectivity index (χ1n) is 24.4. The molecule has 0 radical (unpaired) electrons. The zero-order valence-corrected chi connectivity index (χ0v) is 37.1. The predicted molar refractivity (Wildman–Crippen MR) is 235 cm³/mol. The Kier molecular flexibility index (Phi) is 37.0. The molecule has 6 N–H and O–H groups in total. The maximum atomic E-state index is 12.9. The molecule has 57 heavy (non-hydrogen) atoms. The number of rotatable bonds is 41. The minimum absolute atomic E-state index is 0.140. The standard InChI is InChI=1S/C48H93NO8/c1-3-5-7-9-11-13-15-16-17-18-19-20-21-22-23-24-25-26-27-28-29-31-33-35-37-42(51)41(40-56-48-47(55)46(54)45(53)43(39-50)57-48)49-44(52)38-36-34-32-30-14-12-10-8-6-4-2/h10,12,41-43,45-48,50-51,53-55H,3-9,11,13-40H2,1-2H3,(H,49,52)/b12-10-. The molecule has 0 aromatic rings. The first-order chi connectivity index (χ1) is 27.8. The van der Waals surface area contributed by atoms with E-state index in [1.165, 1.54) is 148 Å². The molecule has 9 heteroatoms. The van der Waals surface area contributed by atoms with E-state index in [1.807, 2.05) is 0 Å². The minimum atomic E-state index is -1.55. The fraction of sp³-hybridized carbons (Fsp3) is 0.938. The van der Waals surface area contributed by atoms with Crippen LogP contribution < -0.4 is 5.32 Å². The molecule has 1 heterocycles. The molecule has 0 spiro atoms. The van der Waals surface area contributed by atoms with Crippen LogP contribution in [0.5, 0.6) is 0 Å². The molecule has 1 rings (SSSR count). The van der Waals surface area contributed by atoms with Gasteiger partial charge in [0.1, 0.15) is 24.4 Å². The Morgan fingerprint density at radius 3 is 1.47 bits per heavy atom. The number of carbonyl (C=O) groups excluding carboxylic acids is 1. The second-order valence-electron chi connectivity index (χ2n) is 17.3. The normalized spacial score (nSPS) is 21.0. The van der Waals surface area contributed by atoms with E-state index in [1.54, 1.807) is 0 Å². The Balaban J connectivity index is 2.21. The fourth-order valence-electron chi connectivity index (χ4n) is 7.91. The number of carbonyl (C=O) groups is 1. The third kappa shape index (κ3) is 29.7. The van der Waals surface area contributed by atoms with Crippen LogP contribution in [0.1, 0.15) is 232 Å². The van der Waals surface area contributed by atoms with Crippen molar-refractivity contribution in [3.63, 3.8) is 0 Å². The van der Waals surface area contributed by atoms with Crippen LogP contribution in [0.2, 0.25) is 0 Å². The molecule has 1 fully saturated rings. The van der Waals surface area contributed by atoms with Crippen molar-refractivity contribution in [1.82, 2.24) is 5.32 Å². The highest BCUT2D eigenvalue weighted by molar-refractivity contribution is 5.76. The largest absolute Gasteiger partial charge is 0.394 e. The molecule has 1 aliphatic rings. The third-order valence-corrected chi connectivity index (χ3v) is 11.9. The topological polar surface area (TPSA) is 149 Å². The molecular formula is C48H93NO8. The van der Waals surface area contributed by atoms with Gasteiger partial charge in [0.15, 0.2) is 6.29 Å². The number of unbranched alkanes of at least 4 members (excludes halogenated alkanes) is 29. The van der Waals surface area contributed by atoms with Crippen LogP contribution in [-0.4, -0.2) is 87.5 Å². The van der Waals surface area contributed by atoms with E-state index >= 15 is 0 Å². The van der Waals surface area contributed by atoms with Crippen molar-refractivity contribution in [3.05, 3.63) is 12.2 Å².